The third-order valence-corrected chi connectivity index (χ3v) is 5.02. The summed E-state index contributed by atoms with van der Waals surface area (Å²) in [6, 6.07) is 21.8. The lowest BCUT2D eigenvalue weighted by molar-refractivity contribution is -0.131. The first kappa shape index (κ1) is 21.1. The molecule has 0 bridgehead atoms. The molecule has 0 unspecified atom stereocenters. The monoisotopic (exact) mass is 421 g/mol. The van der Waals surface area contributed by atoms with Crippen molar-refractivity contribution >= 4 is 41.0 Å². The van der Waals surface area contributed by atoms with E-state index in [2.05, 4.69) is 47.5 Å². The molecule has 1 heterocycles. The molecule has 0 atom stereocenters. The second-order valence-electron chi connectivity index (χ2n) is 7.27. The van der Waals surface area contributed by atoms with E-state index in [0.717, 1.165) is 38.8 Å². The number of methoxy groups -OCH3 is 1. The van der Waals surface area contributed by atoms with E-state index in [1.807, 2.05) is 36.4 Å². The Morgan fingerprint density at radius 2 is 1.44 bits per heavy atom. The SMILES string of the molecule is COc1ccc2cc(/C=C/c3ccc(OC(C)=O)cc3)ccc2c1/C=C/c1ccncc1. The smallest absolute Gasteiger partial charge is 0.308 e. The highest BCUT2D eigenvalue weighted by molar-refractivity contribution is 5.96. The molecule has 0 spiro atoms. The number of ether oxygens (including phenoxy) is 2. The van der Waals surface area contributed by atoms with Crippen LogP contribution in [-0.2, 0) is 4.79 Å². The number of aromatic nitrogens is 1. The first-order chi connectivity index (χ1) is 15.6. The number of esters is 1. The van der Waals surface area contributed by atoms with Crippen LogP contribution in [-0.4, -0.2) is 18.1 Å². The van der Waals surface area contributed by atoms with Crippen molar-refractivity contribution in [2.24, 2.45) is 0 Å². The summed E-state index contributed by atoms with van der Waals surface area (Å²) in [5, 5.41) is 2.25. The van der Waals surface area contributed by atoms with Crippen molar-refractivity contribution in [3.05, 3.63) is 101 Å². The van der Waals surface area contributed by atoms with Crippen LogP contribution in [0.1, 0.15) is 29.2 Å². The summed E-state index contributed by atoms with van der Waals surface area (Å²) in [6.07, 6.45) is 11.8. The molecule has 0 N–H and O–H groups in total. The molecule has 4 heteroatoms. The number of rotatable bonds is 6. The summed E-state index contributed by atoms with van der Waals surface area (Å²) in [5.41, 5.74) is 4.24. The van der Waals surface area contributed by atoms with Crippen molar-refractivity contribution in [2.75, 3.05) is 7.11 Å². The number of nitrogens with zero attached hydrogens (tertiary/aromatic N) is 1. The van der Waals surface area contributed by atoms with Crippen LogP contribution in [0.3, 0.4) is 0 Å². The van der Waals surface area contributed by atoms with Gasteiger partial charge in [0.25, 0.3) is 0 Å². The quantitative estimate of drug-likeness (QED) is 0.202. The van der Waals surface area contributed by atoms with Crippen molar-refractivity contribution in [1.29, 1.82) is 0 Å². The molecule has 0 saturated carbocycles. The zero-order chi connectivity index (χ0) is 22.3. The summed E-state index contributed by atoms with van der Waals surface area (Å²) in [7, 11) is 1.69. The Kier molecular flexibility index (Phi) is 6.42. The van der Waals surface area contributed by atoms with Crippen LogP contribution < -0.4 is 9.47 Å². The largest absolute Gasteiger partial charge is 0.496 e. The zero-order valence-corrected chi connectivity index (χ0v) is 18.0. The maximum Gasteiger partial charge on any atom is 0.308 e. The average molecular weight is 421 g/mol. The Morgan fingerprint density at radius 3 is 2.16 bits per heavy atom. The fraction of sp³-hybridized carbons (Fsp3) is 0.0714. The highest BCUT2D eigenvalue weighted by Crippen LogP contribution is 2.31. The van der Waals surface area contributed by atoms with Crippen LogP contribution in [0.5, 0.6) is 11.5 Å². The minimum atomic E-state index is -0.323. The lowest BCUT2D eigenvalue weighted by atomic mass is 9.99. The van der Waals surface area contributed by atoms with E-state index >= 15 is 0 Å². The zero-order valence-electron chi connectivity index (χ0n) is 18.0. The topological polar surface area (TPSA) is 48.4 Å². The van der Waals surface area contributed by atoms with Gasteiger partial charge in [-0.1, -0.05) is 54.6 Å². The highest BCUT2D eigenvalue weighted by Gasteiger charge is 2.06. The average Bonchev–Trinajstić information content (AvgIpc) is 2.82. The van der Waals surface area contributed by atoms with Crippen molar-refractivity contribution in [1.82, 2.24) is 4.98 Å². The fourth-order valence-corrected chi connectivity index (χ4v) is 3.47. The maximum atomic E-state index is 11.0. The number of fused-ring (bicyclic) bond motifs is 1. The van der Waals surface area contributed by atoms with Crippen molar-refractivity contribution in [3.8, 4) is 11.5 Å². The van der Waals surface area contributed by atoms with Crippen LogP contribution in [0.4, 0.5) is 0 Å². The predicted molar refractivity (Wildman–Crippen MR) is 130 cm³/mol. The van der Waals surface area contributed by atoms with Crippen molar-refractivity contribution in [2.45, 2.75) is 6.92 Å². The number of benzene rings is 3. The molecule has 1 aromatic heterocycles. The van der Waals surface area contributed by atoms with Gasteiger partial charge >= 0.3 is 5.97 Å². The molecule has 0 fully saturated rings. The van der Waals surface area contributed by atoms with Crippen LogP contribution in [0, 0.1) is 0 Å². The standard InChI is InChI=1S/C28H23NO3/c1-20(30)32-25-10-5-21(6-11-25)3-4-23-8-12-26-24(19-23)9-14-28(31-2)27(26)13-7-22-15-17-29-18-16-22/h3-19H,1-2H3/b4-3+,13-7+. The number of carbonyl (C=O) groups excluding carboxylic acids is 1. The molecule has 0 aliphatic rings. The van der Waals surface area contributed by atoms with Gasteiger partial charge in [0.2, 0.25) is 0 Å². The van der Waals surface area contributed by atoms with Gasteiger partial charge in [-0.3, -0.25) is 9.78 Å². The van der Waals surface area contributed by atoms with Gasteiger partial charge in [-0.2, -0.15) is 0 Å². The van der Waals surface area contributed by atoms with Gasteiger partial charge in [0.15, 0.2) is 0 Å². The molecule has 0 saturated heterocycles. The Balaban J connectivity index is 1.61. The number of pyridine rings is 1. The van der Waals surface area contributed by atoms with E-state index in [1.165, 1.54) is 6.92 Å². The van der Waals surface area contributed by atoms with Gasteiger partial charge in [0.05, 0.1) is 7.11 Å². The molecule has 0 aliphatic carbocycles. The molecule has 3 aromatic carbocycles. The molecule has 0 aliphatic heterocycles. The van der Waals surface area contributed by atoms with Crippen LogP contribution in [0.15, 0.2) is 79.1 Å². The van der Waals surface area contributed by atoms with Gasteiger partial charge in [-0.05, 0) is 63.9 Å². The number of hydrogen-bond donors (Lipinski definition) is 0. The second-order valence-corrected chi connectivity index (χ2v) is 7.27. The number of carbonyl (C=O) groups is 1. The molecule has 4 rings (SSSR count). The van der Waals surface area contributed by atoms with E-state index in [0.29, 0.717) is 5.75 Å². The van der Waals surface area contributed by atoms with Crippen LogP contribution in [0.25, 0.3) is 35.1 Å². The van der Waals surface area contributed by atoms with E-state index in [-0.39, 0.29) is 5.97 Å². The van der Waals surface area contributed by atoms with Gasteiger partial charge in [0.1, 0.15) is 11.5 Å². The Hall–Kier alpha value is -4.18. The van der Waals surface area contributed by atoms with Gasteiger partial charge in [0, 0.05) is 24.9 Å². The highest BCUT2D eigenvalue weighted by atomic mass is 16.5. The number of hydrogen-bond acceptors (Lipinski definition) is 4. The minimum absolute atomic E-state index is 0.323. The molecular formula is C28H23NO3. The lowest BCUT2D eigenvalue weighted by Gasteiger charge is -2.10. The third-order valence-electron chi connectivity index (χ3n) is 5.02. The molecule has 0 radical (unpaired) electrons. The molecule has 32 heavy (non-hydrogen) atoms. The predicted octanol–water partition coefficient (Wildman–Crippen LogP) is 6.51. The van der Waals surface area contributed by atoms with E-state index in [4.69, 9.17) is 9.47 Å². The van der Waals surface area contributed by atoms with Crippen molar-refractivity contribution in [3.63, 3.8) is 0 Å². The van der Waals surface area contributed by atoms with Crippen LogP contribution >= 0.6 is 0 Å². The van der Waals surface area contributed by atoms with Gasteiger partial charge in [-0.25, -0.2) is 0 Å². The fourth-order valence-electron chi connectivity index (χ4n) is 3.47. The van der Waals surface area contributed by atoms with Crippen molar-refractivity contribution < 1.29 is 14.3 Å². The Bertz CT molecular complexity index is 1290. The van der Waals surface area contributed by atoms with E-state index in [9.17, 15) is 4.79 Å². The Labute approximate surface area is 187 Å². The molecule has 158 valence electrons. The summed E-state index contributed by atoms with van der Waals surface area (Å²) < 4.78 is 10.7. The van der Waals surface area contributed by atoms with Gasteiger partial charge in [-0.15, -0.1) is 0 Å². The summed E-state index contributed by atoms with van der Waals surface area (Å²) in [4.78, 5) is 15.1. The molecule has 4 nitrogen and oxygen atoms in total. The molecular weight excluding hydrogens is 398 g/mol. The lowest BCUT2D eigenvalue weighted by Crippen LogP contribution is -2.00. The normalized spacial score (nSPS) is 11.3. The summed E-state index contributed by atoms with van der Waals surface area (Å²) in [6.45, 7) is 1.39. The molecule has 4 aromatic rings. The second kappa shape index (κ2) is 9.75. The third kappa shape index (κ3) is 5.10. The molecule has 0 amide bonds. The first-order valence-corrected chi connectivity index (χ1v) is 10.3. The Morgan fingerprint density at radius 1 is 0.781 bits per heavy atom. The van der Waals surface area contributed by atoms with E-state index in [1.54, 1.807) is 31.6 Å². The maximum absolute atomic E-state index is 11.0. The minimum Gasteiger partial charge on any atom is -0.496 e. The summed E-state index contributed by atoms with van der Waals surface area (Å²) >= 11 is 0. The van der Waals surface area contributed by atoms with E-state index < -0.39 is 0 Å². The van der Waals surface area contributed by atoms with Gasteiger partial charge < -0.3 is 9.47 Å². The van der Waals surface area contributed by atoms with Crippen LogP contribution in [0.2, 0.25) is 0 Å². The summed E-state index contributed by atoms with van der Waals surface area (Å²) in [5.74, 6) is 1.05. The first-order valence-electron chi connectivity index (χ1n) is 10.3.